The summed E-state index contributed by atoms with van der Waals surface area (Å²) in [7, 11) is 0. The van der Waals surface area contributed by atoms with Gasteiger partial charge in [-0.2, -0.15) is 0 Å². The molecule has 0 aromatic rings. The van der Waals surface area contributed by atoms with Crippen molar-refractivity contribution in [2.45, 2.75) is 314 Å². The molecule has 572 valence electrons. The molecule has 34 heteroatoms. The summed E-state index contributed by atoms with van der Waals surface area (Å²) >= 11 is 0. The summed E-state index contributed by atoms with van der Waals surface area (Å²) in [5.41, 5.74) is -4.31. The third kappa shape index (κ3) is 13.9. The summed E-state index contributed by atoms with van der Waals surface area (Å²) in [5, 5.41) is 231. The monoisotopic (exact) mass is 1430 g/mol. The van der Waals surface area contributed by atoms with E-state index >= 15 is 0 Å². The van der Waals surface area contributed by atoms with Crippen molar-refractivity contribution in [2.24, 2.45) is 39.9 Å². The number of rotatable bonds is 19. The number of hydrogen-bond acceptors (Lipinski definition) is 34. The standard InChI is InChI=1S/C65H108O34/c1-23(8-12-35(61(2,3)86)95-58-52(97-57-51(85)45(79)39(73)29(19-68)91-57)46(80)41(75)31(93-58)21-87-55-49(83)43(77)37(71)27(17-66)89-55)24-14-15-62(4)33-11-9-26-25(64(33,6)34(70)16-63(24,62)5)10-13-36-65(26,7)99-54-48(82)40(74)30(20-69)92-60(54)98-53-47(81)42(76)32(94-59(53)96-36)22-88-56-50(84)44(78)38(72)28(18-67)90-56/h9,23-25,27-60,66-86H,8,10-22H2,1-7H3/t23-,24-,25-,27-,28-,29-,30-,31-,32-,33+,34+,35-,36+,37-,38-,39-,40-,41-,42-,43+,44+,45+,46+,47+,48+,49-,50-,51-,52-,53-,54-,55-,56-,57+,58+,59+,60+,62+,63-,64+,65-/m1/s1. The number of fused-ring (bicyclic) bond motifs is 9. The largest absolute Gasteiger partial charge is 0.394 e. The van der Waals surface area contributed by atoms with Gasteiger partial charge in [0.25, 0.3) is 0 Å². The van der Waals surface area contributed by atoms with Crippen molar-refractivity contribution in [3.63, 3.8) is 0 Å². The maximum Gasteiger partial charge on any atom is 0.187 e. The lowest BCUT2D eigenvalue weighted by molar-refractivity contribution is -0.380. The highest BCUT2D eigenvalue weighted by molar-refractivity contribution is 5.34. The molecule has 0 spiro atoms. The molecular formula is C65H108O34. The Morgan fingerprint density at radius 3 is 1.52 bits per heavy atom. The van der Waals surface area contributed by atoms with Crippen LogP contribution in [0.3, 0.4) is 0 Å². The van der Waals surface area contributed by atoms with E-state index in [4.69, 9.17) is 61.6 Å². The molecule has 3 saturated carbocycles. The number of aliphatic hydroxyl groups is 21. The Balaban J connectivity index is 0.827. The van der Waals surface area contributed by atoms with Crippen LogP contribution in [0.25, 0.3) is 0 Å². The first-order valence-electron chi connectivity index (χ1n) is 34.8. The predicted octanol–water partition coefficient (Wildman–Crippen LogP) is -7.81. The molecule has 11 aliphatic rings. The van der Waals surface area contributed by atoms with Crippen LogP contribution in [0.1, 0.15) is 99.8 Å². The first kappa shape index (κ1) is 78.5. The van der Waals surface area contributed by atoms with E-state index in [0.717, 1.165) is 12.8 Å². The fourth-order valence-electron chi connectivity index (χ4n) is 18.7. The second-order valence-electron chi connectivity index (χ2n) is 31.0. The van der Waals surface area contributed by atoms with Crippen molar-refractivity contribution < 1.29 is 169 Å². The molecule has 99 heavy (non-hydrogen) atoms. The highest BCUT2D eigenvalue weighted by Crippen LogP contribution is 2.75. The molecule has 0 bridgehead atoms. The van der Waals surface area contributed by atoms with Gasteiger partial charge in [0.05, 0.1) is 63.6 Å². The molecule has 0 amide bonds. The first-order valence-corrected chi connectivity index (χ1v) is 34.8. The zero-order valence-corrected chi connectivity index (χ0v) is 56.5. The molecule has 0 unspecified atom stereocenters. The second kappa shape index (κ2) is 30.2. The van der Waals surface area contributed by atoms with E-state index in [0.29, 0.717) is 31.3 Å². The van der Waals surface area contributed by atoms with Gasteiger partial charge in [0.15, 0.2) is 37.7 Å². The van der Waals surface area contributed by atoms with Gasteiger partial charge in [-0.15, -0.1) is 0 Å². The van der Waals surface area contributed by atoms with Gasteiger partial charge in [-0.05, 0) is 112 Å². The minimum Gasteiger partial charge on any atom is -0.394 e. The molecule has 34 nitrogen and oxygen atoms in total. The fraction of sp³-hybridized carbons (Fsp3) is 0.969. The van der Waals surface area contributed by atoms with Crippen LogP contribution in [-0.2, 0) is 61.6 Å². The SMILES string of the molecule is C[C@H](CC[C@@H](O[C@@H]1O[C@H](CO[C@@H]2O[C@H](CO)[C@@H](O)[C@H](O)[C@H]2O)[C@@H](O)[C@H](O)[C@H]1O[C@@H]1O[C@H](CO)[C@@H](O)[C@H](O)[C@H]1O)C(C)(C)O)[C@H]1CC[C@@]2(C)[C@@H]3CC=C4[C@@H](CC[C@@H]5O[C@@H]6O[C@H](CO[C@@H]7O[C@H](CO)[C@@H](O)[C@H](O)[C@H]7O)[C@@H](O)[C@H](O)[C@H]6O[C@@H]6O[C@H](CO)[C@@H](O)[C@H](O)[C@H]6O[C@]45C)[C@]3(C)[C@@H](O)C[C@]12C. The van der Waals surface area contributed by atoms with Gasteiger partial charge in [0.2, 0.25) is 0 Å². The third-order valence-corrected chi connectivity index (χ3v) is 25.0. The Hall–Kier alpha value is -1.62. The Morgan fingerprint density at radius 1 is 0.495 bits per heavy atom. The van der Waals surface area contributed by atoms with Gasteiger partial charge in [0, 0.05) is 5.41 Å². The summed E-state index contributed by atoms with van der Waals surface area (Å²) in [5.74, 6) is -0.720. The summed E-state index contributed by atoms with van der Waals surface area (Å²) in [6, 6.07) is 0. The van der Waals surface area contributed by atoms with Crippen LogP contribution in [0, 0.1) is 39.9 Å². The molecule has 7 heterocycles. The van der Waals surface area contributed by atoms with E-state index in [1.807, 2.05) is 0 Å². The first-order chi connectivity index (χ1) is 46.5. The van der Waals surface area contributed by atoms with Crippen molar-refractivity contribution >= 4 is 0 Å². The minimum atomic E-state index is -1.99. The predicted molar refractivity (Wildman–Crippen MR) is 326 cm³/mol. The van der Waals surface area contributed by atoms with Gasteiger partial charge in [0.1, 0.15) is 152 Å². The quantitative estimate of drug-likeness (QED) is 0.0534. The van der Waals surface area contributed by atoms with Crippen LogP contribution < -0.4 is 0 Å². The van der Waals surface area contributed by atoms with Crippen LogP contribution >= 0.6 is 0 Å². The van der Waals surface area contributed by atoms with E-state index in [9.17, 15) is 107 Å². The molecule has 4 aliphatic carbocycles. The van der Waals surface area contributed by atoms with Crippen molar-refractivity contribution in [1.82, 2.24) is 0 Å². The van der Waals surface area contributed by atoms with Gasteiger partial charge in [-0.1, -0.05) is 33.8 Å². The van der Waals surface area contributed by atoms with Gasteiger partial charge < -0.3 is 169 Å². The normalized spacial score (nSPS) is 54.0. The molecule has 0 aromatic carbocycles. The summed E-state index contributed by atoms with van der Waals surface area (Å²) in [6.45, 7) is 8.98. The molecule has 21 N–H and O–H groups in total. The smallest absolute Gasteiger partial charge is 0.187 e. The van der Waals surface area contributed by atoms with Crippen molar-refractivity contribution in [2.75, 3.05) is 39.6 Å². The fourth-order valence-corrected chi connectivity index (χ4v) is 18.7. The number of hydrogen-bond donors (Lipinski definition) is 21. The van der Waals surface area contributed by atoms with E-state index in [2.05, 4.69) is 33.8 Å². The van der Waals surface area contributed by atoms with Gasteiger partial charge >= 0.3 is 0 Å². The Bertz CT molecular complexity index is 2690. The molecule has 0 aromatic heterocycles. The molecule has 11 rings (SSSR count). The van der Waals surface area contributed by atoms with Crippen molar-refractivity contribution in [3.05, 3.63) is 11.6 Å². The van der Waals surface area contributed by atoms with Crippen LogP contribution in [-0.4, -0.2) is 361 Å². The van der Waals surface area contributed by atoms with Crippen molar-refractivity contribution in [1.29, 1.82) is 0 Å². The molecule has 41 atom stereocenters. The summed E-state index contributed by atoms with van der Waals surface area (Å²) < 4.78 is 79.8. The Morgan fingerprint density at radius 2 is 0.960 bits per heavy atom. The number of allylic oxidation sites excluding steroid dienone is 1. The molecule has 7 saturated heterocycles. The van der Waals surface area contributed by atoms with Crippen LogP contribution in [0.15, 0.2) is 11.6 Å². The lowest BCUT2D eigenvalue weighted by atomic mass is 9.38. The maximum atomic E-state index is 13.2. The van der Waals surface area contributed by atoms with Crippen LogP contribution in [0.2, 0.25) is 0 Å². The van der Waals surface area contributed by atoms with Crippen LogP contribution in [0.4, 0.5) is 0 Å². The average Bonchev–Trinajstić information content (AvgIpc) is 1.65. The van der Waals surface area contributed by atoms with Crippen LogP contribution in [0.5, 0.6) is 0 Å². The van der Waals surface area contributed by atoms with E-state index in [1.165, 1.54) is 13.8 Å². The van der Waals surface area contributed by atoms with E-state index in [-0.39, 0.29) is 30.6 Å². The molecule has 10 fully saturated rings. The summed E-state index contributed by atoms with van der Waals surface area (Å²) in [6.07, 6.45) is -48.6. The second-order valence-corrected chi connectivity index (χ2v) is 31.0. The van der Waals surface area contributed by atoms with Gasteiger partial charge in [-0.3, -0.25) is 0 Å². The number of ether oxygens (including phenoxy) is 13. The molecule has 0 radical (unpaired) electrons. The highest BCUT2D eigenvalue weighted by Gasteiger charge is 2.72. The van der Waals surface area contributed by atoms with E-state index in [1.54, 1.807) is 6.92 Å². The number of aliphatic hydroxyl groups excluding tert-OH is 20. The summed E-state index contributed by atoms with van der Waals surface area (Å²) in [4.78, 5) is 0. The molecule has 7 aliphatic heterocycles. The Kier molecular flexibility index (Phi) is 23.9. The average molecular weight is 1430 g/mol. The zero-order valence-electron chi connectivity index (χ0n) is 56.5. The lowest BCUT2D eigenvalue weighted by Gasteiger charge is -2.67. The third-order valence-electron chi connectivity index (χ3n) is 25.0. The topological polar surface area (TPSA) is 545 Å². The zero-order chi connectivity index (χ0) is 72.2. The van der Waals surface area contributed by atoms with Gasteiger partial charge in [-0.25, -0.2) is 0 Å². The highest BCUT2D eigenvalue weighted by atomic mass is 16.8. The minimum absolute atomic E-state index is 0.0365. The van der Waals surface area contributed by atoms with Crippen molar-refractivity contribution in [3.8, 4) is 0 Å². The van der Waals surface area contributed by atoms with E-state index < -0.39 is 276 Å². The molecular weight excluding hydrogens is 1320 g/mol. The lowest BCUT2D eigenvalue weighted by Crippen LogP contribution is -2.67. The maximum absolute atomic E-state index is 13.2. The Labute approximate surface area is 571 Å².